The van der Waals surface area contributed by atoms with Crippen LogP contribution in [0.15, 0.2) is 157 Å². The second kappa shape index (κ2) is 16.8. The van der Waals surface area contributed by atoms with E-state index in [9.17, 15) is 9.59 Å². The minimum atomic E-state index is -0.189. The normalized spacial score (nSPS) is 13.5. The molecule has 6 aromatic rings. The lowest BCUT2D eigenvalue weighted by Crippen LogP contribution is -2.29. The molecule has 0 fully saturated rings. The van der Waals surface area contributed by atoms with Crippen LogP contribution in [0.4, 0.5) is 34.1 Å². The quantitative estimate of drug-likeness (QED) is 0.108. The highest BCUT2D eigenvalue weighted by Gasteiger charge is 2.48. The fourth-order valence-electron chi connectivity index (χ4n) is 7.96. The predicted octanol–water partition coefficient (Wildman–Crippen LogP) is 10.5. The van der Waals surface area contributed by atoms with E-state index in [1.165, 1.54) is 0 Å². The molecule has 0 bridgehead atoms. The number of hydrogen-bond donors (Lipinski definition) is 0. The van der Waals surface area contributed by atoms with Gasteiger partial charge in [-0.15, -0.1) is 0 Å². The first-order chi connectivity index (χ1) is 29.3. The van der Waals surface area contributed by atoms with Gasteiger partial charge in [0.05, 0.1) is 51.0 Å². The summed E-state index contributed by atoms with van der Waals surface area (Å²) in [7, 11) is 6.59. The maximum Gasteiger partial charge on any atom is 0.261 e. The van der Waals surface area contributed by atoms with Crippen LogP contribution in [0.5, 0.6) is 23.0 Å². The van der Waals surface area contributed by atoms with Gasteiger partial charge in [-0.25, -0.2) is 0 Å². The van der Waals surface area contributed by atoms with Crippen molar-refractivity contribution < 1.29 is 28.5 Å². The zero-order valence-corrected chi connectivity index (χ0v) is 34.5. The van der Waals surface area contributed by atoms with Crippen LogP contribution in [0.2, 0.25) is 0 Å². The summed E-state index contributed by atoms with van der Waals surface area (Å²) >= 11 is 0. The molecular weight excluding hydrogens is 753 g/mol. The van der Waals surface area contributed by atoms with Crippen molar-refractivity contribution in [3.63, 3.8) is 0 Å². The first-order valence-corrected chi connectivity index (χ1v) is 19.8. The molecule has 302 valence electrons. The van der Waals surface area contributed by atoms with Crippen LogP contribution in [-0.4, -0.2) is 63.1 Å². The van der Waals surface area contributed by atoms with Gasteiger partial charge in [0.15, 0.2) is 0 Å². The average molecular weight is 799 g/mol. The molecule has 6 aromatic carbocycles. The van der Waals surface area contributed by atoms with Gasteiger partial charge in [0.2, 0.25) is 0 Å². The molecule has 2 aliphatic rings. The van der Waals surface area contributed by atoms with Gasteiger partial charge in [-0.05, 0) is 146 Å². The van der Waals surface area contributed by atoms with Gasteiger partial charge in [0.1, 0.15) is 23.0 Å². The number of methoxy groups -OCH3 is 4. The molecular formula is C50H46N4O6. The Labute approximate surface area is 350 Å². The van der Waals surface area contributed by atoms with Gasteiger partial charge in [0.25, 0.3) is 11.8 Å². The maximum absolute atomic E-state index is 14.5. The number of rotatable bonds is 14. The summed E-state index contributed by atoms with van der Waals surface area (Å²) in [5.74, 6) is 2.65. The zero-order valence-electron chi connectivity index (χ0n) is 34.5. The molecule has 0 aliphatic carbocycles. The van der Waals surface area contributed by atoms with E-state index in [1.807, 2.05) is 159 Å². The van der Waals surface area contributed by atoms with E-state index < -0.39 is 0 Å². The third-order valence-corrected chi connectivity index (χ3v) is 10.9. The molecule has 0 atom stereocenters. The van der Waals surface area contributed by atoms with Crippen LogP contribution < -0.4 is 28.7 Å². The number of carbonyl (C=O) groups excluding carboxylic acids is 2. The molecule has 0 radical (unpaired) electrons. The summed E-state index contributed by atoms with van der Waals surface area (Å²) in [6, 6.07) is 47.5. The minimum absolute atomic E-state index is 0.189. The van der Waals surface area contributed by atoms with Crippen molar-refractivity contribution in [2.24, 2.45) is 0 Å². The summed E-state index contributed by atoms with van der Waals surface area (Å²) in [6.45, 7) is 4.67. The molecule has 0 spiro atoms. The molecule has 2 aliphatic heterocycles. The molecule has 0 N–H and O–H groups in total. The number of ether oxygens (including phenoxy) is 4. The van der Waals surface area contributed by atoms with Crippen LogP contribution in [0.1, 0.15) is 25.0 Å². The van der Waals surface area contributed by atoms with Crippen molar-refractivity contribution in [2.75, 3.05) is 51.3 Å². The lowest BCUT2D eigenvalue weighted by molar-refractivity contribution is -0.124. The van der Waals surface area contributed by atoms with Crippen molar-refractivity contribution in [3.05, 3.63) is 168 Å². The van der Waals surface area contributed by atoms with Crippen LogP contribution in [0, 0.1) is 0 Å². The number of amides is 2. The molecule has 0 unspecified atom stereocenters. The molecule has 0 saturated heterocycles. The average Bonchev–Trinajstić information content (AvgIpc) is 3.77. The Kier molecular flexibility index (Phi) is 11.0. The van der Waals surface area contributed by atoms with Crippen LogP contribution in [-0.2, 0) is 9.59 Å². The number of fused-ring (bicyclic) bond motifs is 1. The summed E-state index contributed by atoms with van der Waals surface area (Å²) in [5.41, 5.74) is 9.17. The van der Waals surface area contributed by atoms with Gasteiger partial charge in [0, 0.05) is 47.2 Å². The van der Waals surface area contributed by atoms with Crippen molar-refractivity contribution in [2.45, 2.75) is 13.8 Å². The zero-order chi connectivity index (χ0) is 41.9. The van der Waals surface area contributed by atoms with Gasteiger partial charge < -0.3 is 38.5 Å². The van der Waals surface area contributed by atoms with E-state index in [1.54, 1.807) is 38.2 Å². The van der Waals surface area contributed by atoms with Gasteiger partial charge in [-0.1, -0.05) is 24.3 Å². The highest BCUT2D eigenvalue weighted by Crippen LogP contribution is 2.47. The van der Waals surface area contributed by atoms with Crippen molar-refractivity contribution in [3.8, 4) is 23.0 Å². The monoisotopic (exact) mass is 798 g/mol. The summed E-state index contributed by atoms with van der Waals surface area (Å²) in [6.07, 6.45) is 0. The lowest BCUT2D eigenvalue weighted by Gasteiger charge is -2.27. The minimum Gasteiger partial charge on any atom is -0.497 e. The van der Waals surface area contributed by atoms with Crippen LogP contribution >= 0.6 is 0 Å². The Balaban J connectivity index is 1.19. The third-order valence-electron chi connectivity index (χ3n) is 10.9. The Morgan fingerprint density at radius 3 is 0.783 bits per heavy atom. The number of likely N-dealkylation sites (N-methyl/N-ethyl adjacent to an activating group) is 2. The topological polar surface area (TPSA) is 84.0 Å². The number of anilines is 6. The second-order valence-corrected chi connectivity index (χ2v) is 14.1. The standard InChI is InChI=1S/C50H46N4O6/c1-7-51-47(33-9-13-35(14-10-33)53(37-17-25-41(57-3)26-18-37)38-19-27-42(58-4)28-20-38)45-46(49(51)55)48(52(8-2)50(45)56)34-11-15-36(16-12-34)54(39-21-29-43(59-5)30-22-39)40-23-31-44(60-6)32-24-40/h9-32H,7-8H2,1-6H3. The van der Waals surface area contributed by atoms with Crippen LogP contribution in [0.3, 0.4) is 0 Å². The number of hydrogen-bond acceptors (Lipinski definition) is 8. The first kappa shape index (κ1) is 39.4. The highest BCUT2D eigenvalue weighted by atomic mass is 16.5. The molecule has 0 saturated carbocycles. The number of nitrogens with zero attached hydrogens (tertiary/aromatic N) is 4. The smallest absolute Gasteiger partial charge is 0.261 e. The van der Waals surface area contributed by atoms with Crippen molar-refractivity contribution >= 4 is 57.3 Å². The van der Waals surface area contributed by atoms with E-state index in [-0.39, 0.29) is 11.8 Å². The molecule has 2 amide bonds. The Hall–Kier alpha value is -7.46. The van der Waals surface area contributed by atoms with E-state index in [0.717, 1.165) is 68.2 Å². The maximum atomic E-state index is 14.5. The largest absolute Gasteiger partial charge is 0.497 e. The van der Waals surface area contributed by atoms with Gasteiger partial charge in [-0.3, -0.25) is 9.59 Å². The second-order valence-electron chi connectivity index (χ2n) is 14.1. The van der Waals surface area contributed by atoms with Crippen LogP contribution in [0.25, 0.3) is 11.4 Å². The molecule has 10 nitrogen and oxygen atoms in total. The molecule has 60 heavy (non-hydrogen) atoms. The van der Waals surface area contributed by atoms with Gasteiger partial charge in [-0.2, -0.15) is 0 Å². The number of benzene rings is 6. The Morgan fingerprint density at radius 1 is 0.367 bits per heavy atom. The first-order valence-electron chi connectivity index (χ1n) is 19.8. The molecule has 0 aromatic heterocycles. The van der Waals surface area contributed by atoms with E-state index in [4.69, 9.17) is 18.9 Å². The van der Waals surface area contributed by atoms with Crippen molar-refractivity contribution in [1.82, 2.24) is 9.80 Å². The summed E-state index contributed by atoms with van der Waals surface area (Å²) in [4.78, 5) is 36.7. The summed E-state index contributed by atoms with van der Waals surface area (Å²) in [5, 5.41) is 0. The fourth-order valence-corrected chi connectivity index (χ4v) is 7.96. The number of carbonyl (C=O) groups is 2. The predicted molar refractivity (Wildman–Crippen MR) is 237 cm³/mol. The fraction of sp³-hybridized carbons (Fsp3) is 0.160. The Morgan fingerprint density at radius 2 is 0.583 bits per heavy atom. The third kappa shape index (κ3) is 7.06. The van der Waals surface area contributed by atoms with Crippen molar-refractivity contribution in [1.29, 1.82) is 0 Å². The van der Waals surface area contributed by atoms with Gasteiger partial charge >= 0.3 is 0 Å². The molecule has 8 rings (SSSR count). The summed E-state index contributed by atoms with van der Waals surface area (Å²) < 4.78 is 21.7. The molecule has 10 heteroatoms. The van der Waals surface area contributed by atoms with E-state index in [2.05, 4.69) is 9.80 Å². The van der Waals surface area contributed by atoms with E-state index >= 15 is 0 Å². The van der Waals surface area contributed by atoms with E-state index in [0.29, 0.717) is 35.6 Å². The highest BCUT2D eigenvalue weighted by molar-refractivity contribution is 6.30. The lowest BCUT2D eigenvalue weighted by atomic mass is 10.0. The molecule has 2 heterocycles. The Bertz CT molecular complexity index is 2290. The SMILES string of the molecule is CCN1C(=O)C2=C(c3ccc(N(c4ccc(OC)cc4)c4ccc(OC)cc4)cc3)N(CC)C(=O)C2=C1c1ccc(N(c2ccc(OC)cc2)c2ccc(OC)cc2)cc1.